The largest absolute Gasteiger partial charge is 0.456 e. The van der Waals surface area contributed by atoms with Gasteiger partial charge in [-0.2, -0.15) is 0 Å². The molecule has 9 rings (SSSR count). The summed E-state index contributed by atoms with van der Waals surface area (Å²) < 4.78 is 12.5. The van der Waals surface area contributed by atoms with Crippen molar-refractivity contribution < 1.29 is 8.83 Å². The van der Waals surface area contributed by atoms with Crippen LogP contribution >= 0.6 is 0 Å². The van der Waals surface area contributed by atoms with E-state index in [0.29, 0.717) is 0 Å². The molecular formula is C40H25NO2. The van der Waals surface area contributed by atoms with Crippen LogP contribution in [0.3, 0.4) is 0 Å². The molecule has 0 aliphatic carbocycles. The van der Waals surface area contributed by atoms with E-state index >= 15 is 0 Å². The van der Waals surface area contributed by atoms with Crippen molar-refractivity contribution in [2.45, 2.75) is 0 Å². The van der Waals surface area contributed by atoms with Crippen LogP contribution in [0.2, 0.25) is 0 Å². The number of para-hydroxylation sites is 2. The first-order valence-corrected chi connectivity index (χ1v) is 14.5. The van der Waals surface area contributed by atoms with Gasteiger partial charge in [-0.1, -0.05) is 84.9 Å². The second-order valence-electron chi connectivity index (χ2n) is 11.0. The maximum Gasteiger partial charge on any atom is 0.137 e. The minimum absolute atomic E-state index is 0.872. The summed E-state index contributed by atoms with van der Waals surface area (Å²) >= 11 is 0. The molecule has 0 fully saturated rings. The topological polar surface area (TPSA) is 29.5 Å². The average Bonchev–Trinajstić information content (AvgIpc) is 3.62. The molecule has 0 amide bonds. The molecule has 0 unspecified atom stereocenters. The lowest BCUT2D eigenvalue weighted by atomic mass is 10.0. The van der Waals surface area contributed by atoms with Gasteiger partial charge in [0, 0.05) is 44.7 Å². The highest BCUT2D eigenvalue weighted by atomic mass is 16.3. The third-order valence-electron chi connectivity index (χ3n) is 8.43. The zero-order valence-electron chi connectivity index (χ0n) is 23.2. The predicted octanol–water partition coefficient (Wildman–Crippen LogP) is 11.8. The van der Waals surface area contributed by atoms with Crippen LogP contribution in [0.15, 0.2) is 160 Å². The molecule has 3 nitrogen and oxygen atoms in total. The van der Waals surface area contributed by atoms with Crippen LogP contribution in [0.1, 0.15) is 0 Å². The summed E-state index contributed by atoms with van der Waals surface area (Å²) in [5, 5.41) is 6.81. The molecule has 202 valence electrons. The van der Waals surface area contributed by atoms with E-state index in [9.17, 15) is 0 Å². The van der Waals surface area contributed by atoms with Gasteiger partial charge in [0.05, 0.1) is 0 Å². The fourth-order valence-electron chi connectivity index (χ4n) is 6.33. The number of benzene rings is 7. The van der Waals surface area contributed by atoms with Gasteiger partial charge in [0.15, 0.2) is 0 Å². The Kier molecular flexibility index (Phi) is 5.20. The number of hydrogen-bond donors (Lipinski definition) is 0. The molecule has 0 aliphatic rings. The Balaban J connectivity index is 1.23. The molecule has 7 aromatic carbocycles. The lowest BCUT2D eigenvalue weighted by molar-refractivity contribution is 0.668. The lowest BCUT2D eigenvalue weighted by Gasteiger charge is -2.26. The number of nitrogens with zero attached hydrogens (tertiary/aromatic N) is 1. The highest BCUT2D eigenvalue weighted by Crippen LogP contribution is 2.41. The molecule has 43 heavy (non-hydrogen) atoms. The van der Waals surface area contributed by atoms with Crippen molar-refractivity contribution in [1.82, 2.24) is 0 Å². The van der Waals surface area contributed by atoms with Gasteiger partial charge < -0.3 is 13.7 Å². The average molecular weight is 552 g/mol. The number of anilines is 3. The van der Waals surface area contributed by atoms with Crippen molar-refractivity contribution in [3.8, 4) is 11.1 Å². The second kappa shape index (κ2) is 9.37. The Morgan fingerprint density at radius 1 is 0.326 bits per heavy atom. The molecule has 0 saturated carbocycles. The van der Waals surface area contributed by atoms with E-state index in [1.54, 1.807) is 0 Å². The van der Waals surface area contributed by atoms with Crippen LogP contribution in [0.25, 0.3) is 65.8 Å². The first-order valence-electron chi connectivity index (χ1n) is 14.5. The van der Waals surface area contributed by atoms with Crippen molar-refractivity contribution in [1.29, 1.82) is 0 Å². The fourth-order valence-corrected chi connectivity index (χ4v) is 6.33. The summed E-state index contributed by atoms with van der Waals surface area (Å²) in [5.41, 5.74) is 9.15. The molecule has 2 heterocycles. The van der Waals surface area contributed by atoms with Crippen molar-refractivity contribution in [3.63, 3.8) is 0 Å². The van der Waals surface area contributed by atoms with Crippen molar-refractivity contribution in [3.05, 3.63) is 152 Å². The molecule has 0 N–H and O–H groups in total. The fraction of sp³-hybridized carbons (Fsp3) is 0. The van der Waals surface area contributed by atoms with Gasteiger partial charge >= 0.3 is 0 Å². The maximum absolute atomic E-state index is 6.31. The summed E-state index contributed by atoms with van der Waals surface area (Å²) in [6.07, 6.45) is 0. The summed E-state index contributed by atoms with van der Waals surface area (Å²) in [6, 6.07) is 53.3. The monoisotopic (exact) mass is 551 g/mol. The van der Waals surface area contributed by atoms with Crippen molar-refractivity contribution in [2.24, 2.45) is 0 Å². The standard InChI is InChI=1S/C40H25NO2/c1-2-8-26(9-3-1)27-14-17-30(18-15-27)41(32-20-21-35-33-10-4-6-12-37(33)43-40(35)25-32)31-19-16-28-24-39-36(23-29(28)22-31)34-11-5-7-13-38(34)42-39/h1-25H. The minimum Gasteiger partial charge on any atom is -0.456 e. The number of hydrogen-bond acceptors (Lipinski definition) is 3. The Bertz CT molecular complexity index is 2450. The quantitative estimate of drug-likeness (QED) is 0.218. The van der Waals surface area contributed by atoms with E-state index in [-0.39, 0.29) is 0 Å². The molecule has 0 saturated heterocycles. The van der Waals surface area contributed by atoms with Gasteiger partial charge in [-0.05, 0) is 82.6 Å². The van der Waals surface area contributed by atoms with Crippen LogP contribution in [-0.4, -0.2) is 0 Å². The highest BCUT2D eigenvalue weighted by molar-refractivity contribution is 6.11. The Morgan fingerprint density at radius 3 is 1.65 bits per heavy atom. The zero-order chi connectivity index (χ0) is 28.3. The molecule has 0 atom stereocenters. The third kappa shape index (κ3) is 3.90. The van der Waals surface area contributed by atoms with E-state index in [1.165, 1.54) is 11.1 Å². The summed E-state index contributed by atoms with van der Waals surface area (Å²) in [6.45, 7) is 0. The van der Waals surface area contributed by atoms with E-state index < -0.39 is 0 Å². The van der Waals surface area contributed by atoms with Gasteiger partial charge in [0.25, 0.3) is 0 Å². The van der Waals surface area contributed by atoms with Gasteiger partial charge in [-0.15, -0.1) is 0 Å². The van der Waals surface area contributed by atoms with Gasteiger partial charge in [-0.3, -0.25) is 0 Å². The normalized spacial score (nSPS) is 11.7. The highest BCUT2D eigenvalue weighted by Gasteiger charge is 2.17. The van der Waals surface area contributed by atoms with Crippen molar-refractivity contribution in [2.75, 3.05) is 4.90 Å². The van der Waals surface area contributed by atoms with Gasteiger partial charge in [0.2, 0.25) is 0 Å². The maximum atomic E-state index is 6.31. The third-order valence-corrected chi connectivity index (χ3v) is 8.43. The van der Waals surface area contributed by atoms with E-state index in [4.69, 9.17) is 8.83 Å². The summed E-state index contributed by atoms with van der Waals surface area (Å²) in [4.78, 5) is 2.30. The summed E-state index contributed by atoms with van der Waals surface area (Å²) in [5.74, 6) is 0. The zero-order valence-corrected chi connectivity index (χ0v) is 23.2. The van der Waals surface area contributed by atoms with E-state index in [1.807, 2.05) is 30.3 Å². The number of rotatable bonds is 4. The van der Waals surface area contributed by atoms with E-state index in [0.717, 1.165) is 71.7 Å². The molecule has 0 bridgehead atoms. The first kappa shape index (κ1) is 23.9. The van der Waals surface area contributed by atoms with Crippen LogP contribution in [0, 0.1) is 0 Å². The Labute approximate surface area is 247 Å². The van der Waals surface area contributed by atoms with Gasteiger partial charge in [0.1, 0.15) is 22.3 Å². The smallest absolute Gasteiger partial charge is 0.137 e. The van der Waals surface area contributed by atoms with E-state index in [2.05, 4.69) is 126 Å². The predicted molar refractivity (Wildman–Crippen MR) is 179 cm³/mol. The van der Waals surface area contributed by atoms with Crippen molar-refractivity contribution >= 4 is 71.7 Å². The number of furan rings is 2. The SMILES string of the molecule is c1ccc(-c2ccc(N(c3ccc4cc5oc6ccccc6c5cc4c3)c3ccc4c(c3)oc3ccccc34)cc2)cc1. The molecule has 0 spiro atoms. The Hall–Kier alpha value is -5.80. The van der Waals surface area contributed by atoms with Gasteiger partial charge in [-0.25, -0.2) is 0 Å². The first-order chi connectivity index (χ1) is 21.3. The molecule has 0 radical (unpaired) electrons. The molecule has 3 heteroatoms. The molecule has 0 aliphatic heterocycles. The summed E-state index contributed by atoms with van der Waals surface area (Å²) in [7, 11) is 0. The van der Waals surface area contributed by atoms with Crippen LogP contribution in [0.5, 0.6) is 0 Å². The number of fused-ring (bicyclic) bond motifs is 7. The molecule has 9 aromatic rings. The van der Waals surface area contributed by atoms with Crippen LogP contribution in [0.4, 0.5) is 17.1 Å². The van der Waals surface area contributed by atoms with Crippen LogP contribution in [-0.2, 0) is 0 Å². The van der Waals surface area contributed by atoms with Crippen LogP contribution < -0.4 is 4.90 Å². The minimum atomic E-state index is 0.872. The lowest BCUT2D eigenvalue weighted by Crippen LogP contribution is -2.09. The second-order valence-corrected chi connectivity index (χ2v) is 11.0. The molecule has 2 aromatic heterocycles. The Morgan fingerprint density at radius 2 is 0.884 bits per heavy atom. The molecular weight excluding hydrogens is 526 g/mol.